The van der Waals surface area contributed by atoms with Gasteiger partial charge in [-0.1, -0.05) is 30.3 Å². The number of aryl methyl sites for hydroxylation is 1. The second-order valence-corrected chi connectivity index (χ2v) is 4.42. The van der Waals surface area contributed by atoms with Crippen LogP contribution in [0.25, 0.3) is 0 Å². The molecule has 1 aromatic carbocycles. The molecule has 2 rings (SSSR count). The van der Waals surface area contributed by atoms with E-state index in [2.05, 4.69) is 4.98 Å². The van der Waals surface area contributed by atoms with Gasteiger partial charge in [0.1, 0.15) is 12.8 Å². The van der Waals surface area contributed by atoms with Crippen LogP contribution in [0.2, 0.25) is 0 Å². The molecule has 20 heavy (non-hydrogen) atoms. The number of H-pyrrole nitrogens is 1. The van der Waals surface area contributed by atoms with Gasteiger partial charge >= 0.3 is 5.69 Å². The van der Waals surface area contributed by atoms with Gasteiger partial charge in [-0.2, -0.15) is 0 Å². The largest absolute Gasteiger partial charge is 0.393 e. The van der Waals surface area contributed by atoms with E-state index in [1.54, 1.807) is 6.92 Å². The maximum absolute atomic E-state index is 11.6. The molecule has 1 aromatic heterocycles. The molecule has 2 N–H and O–H groups in total. The monoisotopic (exact) mass is 276 g/mol. The number of aliphatic hydroxyl groups is 1. The van der Waals surface area contributed by atoms with Crippen molar-refractivity contribution in [3.8, 4) is 0 Å². The maximum Gasteiger partial charge on any atom is 0.330 e. The summed E-state index contributed by atoms with van der Waals surface area (Å²) in [5, 5.41) is 9.36. The first kappa shape index (κ1) is 14.2. The van der Waals surface area contributed by atoms with Crippen molar-refractivity contribution < 1.29 is 9.84 Å². The number of hydrogen-bond acceptors (Lipinski definition) is 4. The number of benzene rings is 1. The van der Waals surface area contributed by atoms with Crippen molar-refractivity contribution in [3.05, 3.63) is 68.5 Å². The van der Waals surface area contributed by atoms with Crippen molar-refractivity contribution in [2.24, 2.45) is 0 Å². The molecule has 0 amide bonds. The van der Waals surface area contributed by atoms with Gasteiger partial charge in [0, 0.05) is 11.8 Å². The number of ether oxygens (including phenoxy) is 1. The highest BCUT2D eigenvalue weighted by atomic mass is 16.5. The molecular formula is C14H16N2O4. The Morgan fingerprint density at radius 2 is 2.00 bits per heavy atom. The van der Waals surface area contributed by atoms with Crippen LogP contribution in [0.1, 0.15) is 17.2 Å². The van der Waals surface area contributed by atoms with Crippen molar-refractivity contribution in [3.63, 3.8) is 0 Å². The van der Waals surface area contributed by atoms with Gasteiger partial charge in [-0.3, -0.25) is 14.3 Å². The van der Waals surface area contributed by atoms with E-state index >= 15 is 0 Å². The van der Waals surface area contributed by atoms with E-state index in [0.29, 0.717) is 5.56 Å². The Hall–Kier alpha value is -2.18. The van der Waals surface area contributed by atoms with Crippen molar-refractivity contribution in [1.29, 1.82) is 0 Å². The standard InChI is InChI=1S/C14H16N2O4/c1-10-7-16(14(19)15-13(10)18)9-20-12(8-17)11-5-3-2-4-6-11/h2-7,12,17H,8-9H2,1H3,(H,15,18,19). The molecule has 0 fully saturated rings. The van der Waals surface area contributed by atoms with Crippen LogP contribution in [-0.4, -0.2) is 21.3 Å². The van der Waals surface area contributed by atoms with Gasteiger partial charge < -0.3 is 9.84 Å². The number of aromatic amines is 1. The molecule has 1 atom stereocenters. The van der Waals surface area contributed by atoms with Crippen LogP contribution in [0.5, 0.6) is 0 Å². The van der Waals surface area contributed by atoms with Gasteiger partial charge in [0.05, 0.1) is 6.61 Å². The van der Waals surface area contributed by atoms with E-state index in [-0.39, 0.29) is 13.3 Å². The molecule has 1 unspecified atom stereocenters. The van der Waals surface area contributed by atoms with Gasteiger partial charge in [-0.25, -0.2) is 4.79 Å². The SMILES string of the molecule is Cc1cn(COC(CO)c2ccccc2)c(=O)[nH]c1=O. The number of rotatable bonds is 5. The third kappa shape index (κ3) is 3.23. The Bertz CT molecular complexity index is 676. The van der Waals surface area contributed by atoms with Crippen LogP contribution in [-0.2, 0) is 11.5 Å². The molecule has 0 aliphatic heterocycles. The molecule has 1 heterocycles. The average molecular weight is 276 g/mol. The smallest absolute Gasteiger partial charge is 0.330 e. The Balaban J connectivity index is 2.13. The Morgan fingerprint density at radius 3 is 2.65 bits per heavy atom. The van der Waals surface area contributed by atoms with E-state index in [0.717, 1.165) is 5.56 Å². The number of aromatic nitrogens is 2. The van der Waals surface area contributed by atoms with E-state index in [1.807, 2.05) is 30.3 Å². The molecule has 0 aliphatic carbocycles. The van der Waals surface area contributed by atoms with E-state index in [4.69, 9.17) is 4.74 Å². The van der Waals surface area contributed by atoms with Gasteiger partial charge in [0.2, 0.25) is 0 Å². The highest BCUT2D eigenvalue weighted by Crippen LogP contribution is 2.16. The fourth-order valence-electron chi connectivity index (χ4n) is 1.81. The van der Waals surface area contributed by atoms with Gasteiger partial charge in [0.15, 0.2) is 0 Å². The summed E-state index contributed by atoms with van der Waals surface area (Å²) in [6.45, 7) is 1.37. The minimum Gasteiger partial charge on any atom is -0.393 e. The quantitative estimate of drug-likeness (QED) is 0.835. The van der Waals surface area contributed by atoms with Crippen LogP contribution in [0, 0.1) is 6.92 Å². The molecule has 0 spiro atoms. The molecule has 0 saturated carbocycles. The number of nitrogens with zero attached hydrogens (tertiary/aromatic N) is 1. The normalized spacial score (nSPS) is 12.3. The summed E-state index contributed by atoms with van der Waals surface area (Å²) < 4.78 is 6.78. The summed E-state index contributed by atoms with van der Waals surface area (Å²) in [4.78, 5) is 25.1. The predicted molar refractivity (Wildman–Crippen MR) is 73.4 cm³/mol. The number of aliphatic hydroxyl groups excluding tert-OH is 1. The third-order valence-electron chi connectivity index (χ3n) is 2.94. The summed E-state index contributed by atoms with van der Waals surface area (Å²) >= 11 is 0. The molecule has 0 bridgehead atoms. The van der Waals surface area contributed by atoms with Crippen molar-refractivity contribution >= 4 is 0 Å². The van der Waals surface area contributed by atoms with E-state index < -0.39 is 17.4 Å². The van der Waals surface area contributed by atoms with Gasteiger partial charge in [-0.05, 0) is 12.5 Å². The highest BCUT2D eigenvalue weighted by molar-refractivity contribution is 5.17. The summed E-state index contributed by atoms with van der Waals surface area (Å²) in [5.41, 5.74) is 0.302. The number of nitrogens with one attached hydrogen (secondary N) is 1. The van der Waals surface area contributed by atoms with Crippen molar-refractivity contribution in [2.45, 2.75) is 19.8 Å². The van der Waals surface area contributed by atoms with Crippen molar-refractivity contribution in [1.82, 2.24) is 9.55 Å². The topological polar surface area (TPSA) is 84.3 Å². The van der Waals surface area contributed by atoms with Crippen LogP contribution >= 0.6 is 0 Å². The lowest BCUT2D eigenvalue weighted by Gasteiger charge is -2.16. The minimum atomic E-state index is -0.537. The van der Waals surface area contributed by atoms with Crippen LogP contribution in [0.15, 0.2) is 46.1 Å². The predicted octanol–water partition coefficient (Wildman–Crippen LogP) is 0.553. The van der Waals surface area contributed by atoms with Gasteiger partial charge in [-0.15, -0.1) is 0 Å². The lowest BCUT2D eigenvalue weighted by atomic mass is 10.1. The second-order valence-electron chi connectivity index (χ2n) is 4.42. The molecule has 6 nitrogen and oxygen atoms in total. The second kappa shape index (κ2) is 6.31. The molecule has 0 radical (unpaired) electrons. The van der Waals surface area contributed by atoms with Crippen LogP contribution in [0.4, 0.5) is 0 Å². The summed E-state index contributed by atoms with van der Waals surface area (Å²) in [5.74, 6) is 0. The average Bonchev–Trinajstić information content (AvgIpc) is 2.46. The lowest BCUT2D eigenvalue weighted by molar-refractivity contribution is -0.0273. The molecule has 0 saturated heterocycles. The zero-order valence-corrected chi connectivity index (χ0v) is 11.1. The molecule has 6 heteroatoms. The Kier molecular flexibility index (Phi) is 4.49. The van der Waals surface area contributed by atoms with Crippen LogP contribution < -0.4 is 11.2 Å². The third-order valence-corrected chi connectivity index (χ3v) is 2.94. The fourth-order valence-corrected chi connectivity index (χ4v) is 1.81. The van der Waals surface area contributed by atoms with Gasteiger partial charge in [0.25, 0.3) is 5.56 Å². The Morgan fingerprint density at radius 1 is 1.30 bits per heavy atom. The van der Waals surface area contributed by atoms with E-state index in [1.165, 1.54) is 10.8 Å². The van der Waals surface area contributed by atoms with Crippen LogP contribution in [0.3, 0.4) is 0 Å². The zero-order chi connectivity index (χ0) is 14.5. The summed E-state index contributed by atoms with van der Waals surface area (Å²) in [7, 11) is 0. The Labute approximate surface area is 115 Å². The highest BCUT2D eigenvalue weighted by Gasteiger charge is 2.11. The maximum atomic E-state index is 11.6. The summed E-state index contributed by atoms with van der Waals surface area (Å²) in [6.07, 6.45) is 0.913. The first-order valence-electron chi connectivity index (χ1n) is 6.19. The minimum absolute atomic E-state index is 0.0451. The molecular weight excluding hydrogens is 260 g/mol. The molecule has 0 aliphatic rings. The number of hydrogen-bond donors (Lipinski definition) is 2. The summed E-state index contributed by atoms with van der Waals surface area (Å²) in [6, 6.07) is 9.23. The van der Waals surface area contributed by atoms with E-state index in [9.17, 15) is 14.7 Å². The molecule has 106 valence electrons. The first-order chi connectivity index (χ1) is 9.61. The fraction of sp³-hybridized carbons (Fsp3) is 0.286. The molecule has 2 aromatic rings. The van der Waals surface area contributed by atoms with Crippen molar-refractivity contribution in [2.75, 3.05) is 6.61 Å². The first-order valence-corrected chi connectivity index (χ1v) is 6.19. The zero-order valence-electron chi connectivity index (χ0n) is 11.1. The lowest BCUT2D eigenvalue weighted by Crippen LogP contribution is -2.31.